The van der Waals surface area contributed by atoms with E-state index in [1.54, 1.807) is 11.8 Å². The number of carboxylic acids is 1. The maximum absolute atomic E-state index is 11.5. The fourth-order valence-corrected chi connectivity index (χ4v) is 4.74. The number of hydrogen-bond acceptors (Lipinski definition) is 5. The summed E-state index contributed by atoms with van der Waals surface area (Å²) in [5.74, 6) is -0.0336. The number of thioether (sulfide) groups is 1. The maximum atomic E-state index is 11.5. The van der Waals surface area contributed by atoms with Crippen LogP contribution in [-0.4, -0.2) is 39.2 Å². The first-order valence-electron chi connectivity index (χ1n) is 10.7. The van der Waals surface area contributed by atoms with Crippen LogP contribution in [0.15, 0.2) is 59.6 Å². The van der Waals surface area contributed by atoms with Crippen LogP contribution in [0.3, 0.4) is 0 Å². The molecule has 0 unspecified atom stereocenters. The predicted molar refractivity (Wildman–Crippen MR) is 143 cm³/mol. The molecule has 0 saturated heterocycles. The van der Waals surface area contributed by atoms with Crippen LogP contribution in [0.5, 0.6) is 0 Å². The quantitative estimate of drug-likeness (QED) is 0.243. The Morgan fingerprint density at radius 1 is 1.18 bits per heavy atom. The zero-order valence-corrected chi connectivity index (χ0v) is 21.0. The van der Waals surface area contributed by atoms with Crippen LogP contribution < -0.4 is 5.32 Å². The lowest BCUT2D eigenvalue weighted by Crippen LogP contribution is -2.04. The number of aromatic nitrogens is 2. The highest BCUT2D eigenvalue weighted by Crippen LogP contribution is 2.34. The van der Waals surface area contributed by atoms with Gasteiger partial charge in [0.25, 0.3) is 0 Å². The van der Waals surface area contributed by atoms with Gasteiger partial charge in [0, 0.05) is 30.1 Å². The minimum absolute atomic E-state index is 0.0614. The molecule has 0 aliphatic heterocycles. The molecule has 1 heterocycles. The molecule has 2 N–H and O–H groups in total. The zero-order chi connectivity index (χ0) is 24.4. The van der Waals surface area contributed by atoms with Gasteiger partial charge in [0.2, 0.25) is 0 Å². The summed E-state index contributed by atoms with van der Waals surface area (Å²) in [5.41, 5.74) is 6.18. The molecule has 0 fully saturated rings. The number of nitrogens with zero attached hydrogens (tertiary/aromatic N) is 3. The third-order valence-corrected chi connectivity index (χ3v) is 6.67. The molecule has 3 aromatic carbocycles. The Balaban J connectivity index is 1.83. The largest absolute Gasteiger partial charge is 0.481 e. The molecule has 174 valence electrons. The third kappa shape index (κ3) is 4.81. The van der Waals surface area contributed by atoms with Gasteiger partial charge in [-0.1, -0.05) is 29.8 Å². The molecule has 4 rings (SSSR count). The highest BCUT2D eigenvalue weighted by molar-refractivity contribution is 8.13. The van der Waals surface area contributed by atoms with Gasteiger partial charge < -0.3 is 10.4 Å². The number of halogens is 1. The minimum atomic E-state index is -0.871. The van der Waals surface area contributed by atoms with Crippen molar-refractivity contribution >= 4 is 56.8 Å². The normalized spacial score (nSPS) is 11.7. The monoisotopic (exact) mass is 492 g/mol. The van der Waals surface area contributed by atoms with Crippen LogP contribution in [0.25, 0.3) is 22.0 Å². The number of anilines is 1. The highest BCUT2D eigenvalue weighted by atomic mass is 35.5. The summed E-state index contributed by atoms with van der Waals surface area (Å²) in [5, 5.41) is 19.7. The first kappa shape index (κ1) is 23.9. The van der Waals surface area contributed by atoms with Crippen molar-refractivity contribution in [3.8, 4) is 11.1 Å². The van der Waals surface area contributed by atoms with E-state index in [0.717, 1.165) is 55.3 Å². The summed E-state index contributed by atoms with van der Waals surface area (Å²) in [7, 11) is 3.78. The van der Waals surface area contributed by atoms with Crippen LogP contribution >= 0.6 is 23.4 Å². The van der Waals surface area contributed by atoms with Gasteiger partial charge in [0.15, 0.2) is 5.82 Å². The van der Waals surface area contributed by atoms with Gasteiger partial charge in [0.05, 0.1) is 17.6 Å². The topological polar surface area (TPSA) is 79.5 Å². The number of rotatable bonds is 6. The van der Waals surface area contributed by atoms with E-state index < -0.39 is 5.97 Å². The van der Waals surface area contributed by atoms with Gasteiger partial charge in [-0.3, -0.25) is 9.48 Å². The van der Waals surface area contributed by atoms with Gasteiger partial charge in [0.1, 0.15) is 5.04 Å². The van der Waals surface area contributed by atoms with E-state index in [0.29, 0.717) is 5.02 Å². The summed E-state index contributed by atoms with van der Waals surface area (Å²) in [4.78, 5) is 16.5. The van der Waals surface area contributed by atoms with Crippen LogP contribution in [0.2, 0.25) is 5.02 Å². The number of aliphatic imine (C=N–C) groups is 1. The number of carbonyl (C=O) groups is 1. The van der Waals surface area contributed by atoms with Crippen LogP contribution in [0, 0.1) is 6.92 Å². The summed E-state index contributed by atoms with van der Waals surface area (Å²) in [6.07, 6.45) is 1.94. The number of carboxylic acid groups (broad SMARTS) is 1. The summed E-state index contributed by atoms with van der Waals surface area (Å²) in [6.45, 7) is 1.93. The second kappa shape index (κ2) is 9.91. The number of benzene rings is 3. The van der Waals surface area contributed by atoms with Crippen molar-refractivity contribution < 1.29 is 9.90 Å². The van der Waals surface area contributed by atoms with Crippen molar-refractivity contribution in [2.75, 3.05) is 18.6 Å². The van der Waals surface area contributed by atoms with Crippen molar-refractivity contribution in [3.05, 3.63) is 76.3 Å². The average molecular weight is 493 g/mol. The molecular weight excluding hydrogens is 468 g/mol. The number of fused-ring (bicyclic) bond motifs is 1. The second-order valence-corrected chi connectivity index (χ2v) is 9.17. The molecule has 34 heavy (non-hydrogen) atoms. The third-order valence-electron chi connectivity index (χ3n) is 5.70. The van der Waals surface area contributed by atoms with Crippen molar-refractivity contribution in [2.24, 2.45) is 12.0 Å². The minimum Gasteiger partial charge on any atom is -0.481 e. The smallest absolute Gasteiger partial charge is 0.307 e. The summed E-state index contributed by atoms with van der Waals surface area (Å²) < 4.78 is 1.85. The highest BCUT2D eigenvalue weighted by Gasteiger charge is 2.15. The molecule has 0 saturated carbocycles. The Hall–Kier alpha value is -3.29. The SMILES string of the molecule is CNc1nn(C)c2cc(/C(=N/c3cc(C)c(CC(=O)O)c(-c4ccc(Cl)cc4)c3)SC)ccc12. The molecule has 6 nitrogen and oxygen atoms in total. The zero-order valence-electron chi connectivity index (χ0n) is 19.4. The lowest BCUT2D eigenvalue weighted by molar-refractivity contribution is -0.136. The first-order chi connectivity index (χ1) is 16.3. The number of aliphatic carboxylic acids is 1. The van der Waals surface area contributed by atoms with Gasteiger partial charge in [-0.15, -0.1) is 11.8 Å². The van der Waals surface area contributed by atoms with Crippen molar-refractivity contribution in [2.45, 2.75) is 13.3 Å². The van der Waals surface area contributed by atoms with Crippen molar-refractivity contribution in [1.29, 1.82) is 0 Å². The number of aryl methyl sites for hydroxylation is 2. The van der Waals surface area contributed by atoms with Gasteiger partial charge in [-0.2, -0.15) is 5.10 Å². The molecule has 0 atom stereocenters. The van der Waals surface area contributed by atoms with Crippen LogP contribution in [0.4, 0.5) is 11.5 Å². The maximum Gasteiger partial charge on any atom is 0.307 e. The van der Waals surface area contributed by atoms with E-state index in [1.807, 2.05) is 74.4 Å². The van der Waals surface area contributed by atoms with Crippen LogP contribution in [-0.2, 0) is 18.3 Å². The Kier molecular flexibility index (Phi) is 6.95. The molecule has 0 bridgehead atoms. The van der Waals surface area contributed by atoms with E-state index in [1.165, 1.54) is 0 Å². The Labute approximate surface area is 207 Å². The first-order valence-corrected chi connectivity index (χ1v) is 12.3. The molecule has 0 spiro atoms. The van der Waals surface area contributed by atoms with E-state index in [4.69, 9.17) is 16.6 Å². The van der Waals surface area contributed by atoms with E-state index >= 15 is 0 Å². The second-order valence-electron chi connectivity index (χ2n) is 7.94. The summed E-state index contributed by atoms with van der Waals surface area (Å²) >= 11 is 7.64. The molecule has 0 amide bonds. The van der Waals surface area contributed by atoms with E-state index in [2.05, 4.69) is 22.5 Å². The standard InChI is InChI=1S/C26H25ClN4O2S/c1-15-11-19(13-22(21(15)14-24(32)33)16-5-8-18(27)9-6-16)29-26(34-4)17-7-10-20-23(12-17)31(3)30-25(20)28-2/h5-13H,14H2,1-4H3,(H,28,30)(H,32,33)/b29-26-. The molecule has 0 radical (unpaired) electrons. The van der Waals surface area contributed by atoms with E-state index in [-0.39, 0.29) is 6.42 Å². The Morgan fingerprint density at radius 3 is 2.56 bits per heavy atom. The van der Waals surface area contributed by atoms with Crippen LogP contribution in [0.1, 0.15) is 16.7 Å². The summed E-state index contributed by atoms with van der Waals surface area (Å²) in [6, 6.07) is 17.5. The van der Waals surface area contributed by atoms with Crippen molar-refractivity contribution in [1.82, 2.24) is 9.78 Å². The Bertz CT molecular complexity index is 1410. The van der Waals surface area contributed by atoms with Gasteiger partial charge >= 0.3 is 5.97 Å². The fourth-order valence-electron chi connectivity index (χ4n) is 4.06. The molecule has 4 aromatic rings. The lowest BCUT2D eigenvalue weighted by Gasteiger charge is -2.14. The predicted octanol–water partition coefficient (Wildman–Crippen LogP) is 6.31. The number of nitrogens with one attached hydrogen (secondary N) is 1. The van der Waals surface area contributed by atoms with Gasteiger partial charge in [-0.05, 0) is 71.8 Å². The van der Waals surface area contributed by atoms with E-state index in [9.17, 15) is 9.90 Å². The molecule has 0 aliphatic rings. The average Bonchev–Trinajstić information content (AvgIpc) is 3.14. The van der Waals surface area contributed by atoms with Gasteiger partial charge in [-0.25, -0.2) is 4.99 Å². The van der Waals surface area contributed by atoms with Crippen molar-refractivity contribution in [3.63, 3.8) is 0 Å². The molecular formula is C26H25ClN4O2S. The molecule has 0 aliphatic carbocycles. The number of hydrogen-bond donors (Lipinski definition) is 2. The Morgan fingerprint density at radius 2 is 1.91 bits per heavy atom. The molecule has 8 heteroatoms. The molecule has 1 aromatic heterocycles. The lowest BCUT2D eigenvalue weighted by atomic mass is 9.93. The fraction of sp³-hybridized carbons (Fsp3) is 0.192.